The summed E-state index contributed by atoms with van der Waals surface area (Å²) in [6, 6.07) is 0.922. The highest BCUT2D eigenvalue weighted by molar-refractivity contribution is 7.08. The lowest BCUT2D eigenvalue weighted by molar-refractivity contribution is -0.302. The van der Waals surface area contributed by atoms with Gasteiger partial charge in [0.05, 0.1) is 18.3 Å². The summed E-state index contributed by atoms with van der Waals surface area (Å²) >= 11 is 1.64. The van der Waals surface area contributed by atoms with E-state index < -0.39 is 59.8 Å². The summed E-state index contributed by atoms with van der Waals surface area (Å²) in [7, 11) is 3.03. The summed E-state index contributed by atoms with van der Waals surface area (Å²) in [5, 5.41) is 36.3. The minimum atomic E-state index is -2.48. The quantitative estimate of drug-likeness (QED) is 0.112. The molecule has 1 aromatic heterocycles. The summed E-state index contributed by atoms with van der Waals surface area (Å²) in [6.45, 7) is 11.8. The fourth-order valence-electron chi connectivity index (χ4n) is 7.65. The number of carbonyl (C=O) groups excluding carboxylic acids is 3. The molecule has 0 aliphatic carbocycles. The maximum absolute atomic E-state index is 13.6. The van der Waals surface area contributed by atoms with E-state index in [9.17, 15) is 34.5 Å². The van der Waals surface area contributed by atoms with Gasteiger partial charge in [-0.3, -0.25) is 14.4 Å². The van der Waals surface area contributed by atoms with Gasteiger partial charge in [-0.05, 0) is 99.4 Å². The molecule has 1 amide bonds. The number of piperidine rings is 1. The molecule has 10 atom stereocenters. The summed E-state index contributed by atoms with van der Waals surface area (Å²) in [5.41, 5.74) is 3.33. The van der Waals surface area contributed by atoms with Crippen LogP contribution in [-0.4, -0.2) is 101 Å². The van der Waals surface area contributed by atoms with Gasteiger partial charge in [0.2, 0.25) is 5.79 Å². The predicted octanol–water partition coefficient (Wildman–Crippen LogP) is 6.06. The second kappa shape index (κ2) is 20.1. The average Bonchev–Trinajstić information content (AvgIpc) is 3.62. The Morgan fingerprint density at radius 2 is 1.85 bits per heavy atom. The highest BCUT2D eigenvalue weighted by Gasteiger charge is 2.56. The van der Waals surface area contributed by atoms with Gasteiger partial charge in [0.15, 0.2) is 0 Å². The number of thiophene rings is 1. The van der Waals surface area contributed by atoms with E-state index in [0.29, 0.717) is 38.5 Å². The van der Waals surface area contributed by atoms with Crippen molar-refractivity contribution >= 4 is 40.9 Å². The van der Waals surface area contributed by atoms with Crippen LogP contribution in [0.3, 0.4) is 0 Å². The summed E-state index contributed by atoms with van der Waals surface area (Å²) < 4.78 is 17.7. The number of hydrogen-bond acceptors (Lipinski definition) is 10. The number of rotatable bonds is 19. The summed E-state index contributed by atoms with van der Waals surface area (Å²) in [6.07, 6.45) is 5.28. The number of Topliss-reactive ketones (excluding diaryl/α,β-unsaturated/α-hetero) is 2. The highest BCUT2D eigenvalue weighted by atomic mass is 32.1. The first-order chi connectivity index (χ1) is 24.6. The molecule has 1 aromatic rings. The number of hydrogen-bond donors (Lipinski definition) is 3. The molecular formula is C40H61NO10S. The zero-order chi connectivity index (χ0) is 38.7. The van der Waals surface area contributed by atoms with Crippen LogP contribution in [0.5, 0.6) is 0 Å². The van der Waals surface area contributed by atoms with E-state index in [1.54, 1.807) is 18.3 Å². The van der Waals surface area contributed by atoms with Gasteiger partial charge in [0.25, 0.3) is 11.7 Å². The number of nitrogens with zero attached hydrogens (tertiary/aromatic N) is 1. The molecule has 2 aliphatic rings. The van der Waals surface area contributed by atoms with E-state index in [-0.39, 0.29) is 49.3 Å². The van der Waals surface area contributed by atoms with Crippen molar-refractivity contribution < 1.29 is 48.7 Å². The Labute approximate surface area is 313 Å². The van der Waals surface area contributed by atoms with Gasteiger partial charge in [0.1, 0.15) is 17.9 Å². The van der Waals surface area contributed by atoms with E-state index in [0.717, 1.165) is 21.6 Å². The lowest BCUT2D eigenvalue weighted by Crippen LogP contribution is -2.64. The maximum Gasteiger partial charge on any atom is 0.326 e. The molecule has 11 nitrogen and oxygen atoms in total. The molecule has 0 saturated carbocycles. The number of aliphatic carboxylic acids is 1. The fraction of sp³-hybridized carbons (Fsp3) is 0.700. The molecule has 2 unspecified atom stereocenters. The van der Waals surface area contributed by atoms with Crippen LogP contribution in [-0.2, 0) is 33.4 Å². The number of aliphatic hydroxyl groups excluding tert-OH is 1. The van der Waals surface area contributed by atoms with E-state index >= 15 is 0 Å². The number of carboxylic acid groups (broad SMARTS) is 1. The predicted molar refractivity (Wildman–Crippen MR) is 201 cm³/mol. The van der Waals surface area contributed by atoms with Gasteiger partial charge in [-0.2, -0.15) is 11.3 Å². The number of allylic oxidation sites excluding steroid dienone is 3. The zero-order valence-corrected chi connectivity index (χ0v) is 33.0. The van der Waals surface area contributed by atoms with Gasteiger partial charge in [0, 0.05) is 39.0 Å². The van der Waals surface area contributed by atoms with E-state index in [1.807, 2.05) is 32.2 Å². The van der Waals surface area contributed by atoms with Crippen molar-refractivity contribution in [3.05, 3.63) is 39.6 Å². The maximum atomic E-state index is 13.6. The highest BCUT2D eigenvalue weighted by Crippen LogP contribution is 2.38. The molecule has 3 N–H and O–H groups in total. The first-order valence-corrected chi connectivity index (χ1v) is 19.6. The SMILES string of the molecule is CCC(/C=C(\C)C[C@H](C)C[C@H](OC)C1O[C@@](O)(C(=O)C(=O)N2CCCC[C@H]2C(=O)O)[C@H](C)C[C@@H]1OC)C(=O)C[C@H](O)C[C@H](C)/C(C)=C/c1ccsc1. The van der Waals surface area contributed by atoms with Crippen LogP contribution in [0.25, 0.3) is 6.08 Å². The number of aliphatic hydroxyl groups is 2. The number of methoxy groups -OCH3 is 2. The minimum absolute atomic E-state index is 0.00817. The Kier molecular flexibility index (Phi) is 16.9. The third kappa shape index (κ3) is 11.4. The van der Waals surface area contributed by atoms with Crippen LogP contribution in [0.15, 0.2) is 34.0 Å². The fourth-order valence-corrected chi connectivity index (χ4v) is 8.27. The van der Waals surface area contributed by atoms with Crippen LogP contribution >= 0.6 is 11.3 Å². The van der Waals surface area contributed by atoms with Crippen LogP contribution in [0.2, 0.25) is 0 Å². The molecule has 3 rings (SSSR count). The smallest absolute Gasteiger partial charge is 0.326 e. The monoisotopic (exact) mass is 747 g/mol. The number of likely N-dealkylation sites (tertiary alicyclic amines) is 1. The third-order valence-corrected chi connectivity index (χ3v) is 11.6. The molecule has 52 heavy (non-hydrogen) atoms. The van der Waals surface area contributed by atoms with E-state index in [1.165, 1.54) is 14.2 Å². The number of ether oxygens (including phenoxy) is 3. The Hall–Kier alpha value is -2.74. The van der Waals surface area contributed by atoms with Gasteiger partial charge in [-0.25, -0.2) is 4.79 Å². The van der Waals surface area contributed by atoms with Crippen LogP contribution in [0, 0.1) is 23.7 Å². The van der Waals surface area contributed by atoms with Crippen LogP contribution in [0.1, 0.15) is 105 Å². The molecule has 3 heterocycles. The molecular weight excluding hydrogens is 687 g/mol. The molecule has 2 saturated heterocycles. The van der Waals surface area contributed by atoms with Crippen molar-refractivity contribution in [2.24, 2.45) is 23.7 Å². The van der Waals surface area contributed by atoms with Gasteiger partial charge >= 0.3 is 5.97 Å². The molecule has 0 bridgehead atoms. The Morgan fingerprint density at radius 1 is 1.13 bits per heavy atom. The first kappa shape index (κ1) is 43.7. The minimum Gasteiger partial charge on any atom is -0.480 e. The van der Waals surface area contributed by atoms with E-state index in [4.69, 9.17) is 14.2 Å². The van der Waals surface area contributed by atoms with Crippen molar-refractivity contribution in [1.29, 1.82) is 0 Å². The number of ketones is 2. The summed E-state index contributed by atoms with van der Waals surface area (Å²) in [5.74, 6) is -6.88. The molecule has 2 fully saturated rings. The first-order valence-electron chi connectivity index (χ1n) is 18.7. The largest absolute Gasteiger partial charge is 0.480 e. The van der Waals surface area contributed by atoms with Crippen LogP contribution in [0.4, 0.5) is 0 Å². The van der Waals surface area contributed by atoms with Crippen LogP contribution < -0.4 is 0 Å². The van der Waals surface area contributed by atoms with Gasteiger partial charge in [-0.15, -0.1) is 0 Å². The van der Waals surface area contributed by atoms with Crippen molar-refractivity contribution in [2.45, 2.75) is 136 Å². The molecule has 292 valence electrons. The molecule has 0 spiro atoms. The lowest BCUT2D eigenvalue weighted by Gasteiger charge is -2.47. The number of carboxylic acids is 1. The average molecular weight is 748 g/mol. The normalized spacial score (nSPS) is 27.4. The Bertz CT molecular complexity index is 1410. The molecule has 12 heteroatoms. The van der Waals surface area contributed by atoms with Crippen molar-refractivity contribution in [1.82, 2.24) is 4.90 Å². The van der Waals surface area contributed by atoms with Crippen molar-refractivity contribution in [3.8, 4) is 0 Å². The van der Waals surface area contributed by atoms with Gasteiger partial charge < -0.3 is 34.4 Å². The number of amides is 1. The molecule has 2 aliphatic heterocycles. The van der Waals surface area contributed by atoms with Crippen molar-refractivity contribution in [3.63, 3.8) is 0 Å². The standard InChI is InChI=1S/C40H61NO10S/c1-9-30(33(43)22-31(42)20-27(5)26(4)19-29-13-15-52-23-29)17-24(2)16-25(3)18-34(49-7)36-35(50-8)21-28(6)40(48,51-36)37(44)38(45)41-14-11-10-12-32(41)39(46)47/h13,15,17,19,23,25,27-28,30-32,34-36,42,48H,9-12,14,16,18,20-22H2,1-8H3,(H,46,47)/b24-17+,26-19+/t25-,27-,28+,30?,31+,32-,34-,35-,36?,40+/m0/s1. The second-order valence-corrected chi connectivity index (χ2v) is 15.9. The lowest BCUT2D eigenvalue weighted by atomic mass is 9.82. The Balaban J connectivity index is 1.64. The number of carbonyl (C=O) groups is 4. The zero-order valence-electron chi connectivity index (χ0n) is 32.2. The molecule has 0 radical (unpaired) electrons. The topological polar surface area (TPSA) is 160 Å². The van der Waals surface area contributed by atoms with E-state index in [2.05, 4.69) is 31.4 Å². The molecule has 0 aromatic carbocycles. The third-order valence-electron chi connectivity index (χ3n) is 10.9. The summed E-state index contributed by atoms with van der Waals surface area (Å²) in [4.78, 5) is 53.1. The Morgan fingerprint density at radius 3 is 2.44 bits per heavy atom. The second-order valence-electron chi connectivity index (χ2n) is 15.1. The van der Waals surface area contributed by atoms with Gasteiger partial charge in [-0.1, -0.05) is 51.0 Å². The van der Waals surface area contributed by atoms with Crippen molar-refractivity contribution in [2.75, 3.05) is 20.8 Å².